The molecular weight excluding hydrogens is 390 g/mol. The Morgan fingerprint density at radius 1 is 0.906 bits per heavy atom. The van der Waals surface area contributed by atoms with Crippen molar-refractivity contribution in [1.82, 2.24) is 4.57 Å². The molecule has 0 aliphatic heterocycles. The standard InChI is InChI=1S/C30H31NO/c1-20-14-16-21(17-15-20)31-26-13-9-7-10-22(26)24(28(31)29(2,3)4)18-30(5)19-27(32)23-11-6-8-12-25(23)30/h6-17H,18-19H2,1-5H3/t30-/m0/s1. The molecule has 1 aromatic heterocycles. The quantitative estimate of drug-likeness (QED) is 0.339. The molecule has 0 saturated carbocycles. The van der Waals surface area contributed by atoms with E-state index in [0.29, 0.717) is 6.42 Å². The van der Waals surface area contributed by atoms with Crippen LogP contribution in [0.5, 0.6) is 0 Å². The lowest BCUT2D eigenvalue weighted by Gasteiger charge is -2.29. The van der Waals surface area contributed by atoms with E-state index in [2.05, 4.69) is 99.8 Å². The number of para-hydroxylation sites is 1. The van der Waals surface area contributed by atoms with Crippen molar-refractivity contribution >= 4 is 16.7 Å². The summed E-state index contributed by atoms with van der Waals surface area (Å²) in [6, 6.07) is 25.7. The number of carbonyl (C=O) groups excluding carboxylic acids is 1. The maximum Gasteiger partial charge on any atom is 0.164 e. The zero-order valence-corrected chi connectivity index (χ0v) is 19.7. The number of hydrogen-bond donors (Lipinski definition) is 0. The first kappa shape index (κ1) is 20.8. The van der Waals surface area contributed by atoms with Crippen molar-refractivity contribution < 1.29 is 4.79 Å². The van der Waals surface area contributed by atoms with Gasteiger partial charge in [0.25, 0.3) is 0 Å². The Labute approximate surface area is 190 Å². The number of aromatic nitrogens is 1. The molecule has 32 heavy (non-hydrogen) atoms. The number of nitrogens with zero attached hydrogens (tertiary/aromatic N) is 1. The third-order valence-electron chi connectivity index (χ3n) is 6.98. The van der Waals surface area contributed by atoms with Gasteiger partial charge in [-0.3, -0.25) is 4.79 Å². The third-order valence-corrected chi connectivity index (χ3v) is 6.98. The topological polar surface area (TPSA) is 22.0 Å². The van der Waals surface area contributed by atoms with Crippen molar-refractivity contribution in [2.45, 2.75) is 58.3 Å². The second-order valence-electron chi connectivity index (χ2n) is 10.6. The van der Waals surface area contributed by atoms with E-state index >= 15 is 0 Å². The molecule has 0 saturated heterocycles. The summed E-state index contributed by atoms with van der Waals surface area (Å²) < 4.78 is 2.44. The van der Waals surface area contributed by atoms with Crippen molar-refractivity contribution in [3.05, 3.63) is 101 Å². The summed E-state index contributed by atoms with van der Waals surface area (Å²) in [5.74, 6) is 0.266. The Morgan fingerprint density at radius 3 is 2.28 bits per heavy atom. The average Bonchev–Trinajstić information content (AvgIpc) is 3.21. The first-order valence-electron chi connectivity index (χ1n) is 11.5. The van der Waals surface area contributed by atoms with E-state index in [1.165, 1.54) is 39.0 Å². The van der Waals surface area contributed by atoms with Crippen LogP contribution in [-0.4, -0.2) is 10.4 Å². The lowest BCUT2D eigenvalue weighted by molar-refractivity contribution is 0.0976. The summed E-state index contributed by atoms with van der Waals surface area (Å²) >= 11 is 0. The van der Waals surface area contributed by atoms with Gasteiger partial charge in [0.05, 0.1) is 5.52 Å². The Kier molecular flexibility index (Phi) is 4.67. The summed E-state index contributed by atoms with van der Waals surface area (Å²) in [4.78, 5) is 12.9. The lowest BCUT2D eigenvalue weighted by Crippen LogP contribution is -2.26. The Balaban J connectivity index is 1.78. The predicted molar refractivity (Wildman–Crippen MR) is 133 cm³/mol. The van der Waals surface area contributed by atoms with Crippen LogP contribution in [0.2, 0.25) is 0 Å². The molecule has 4 aromatic rings. The van der Waals surface area contributed by atoms with Crippen LogP contribution in [0.25, 0.3) is 16.6 Å². The van der Waals surface area contributed by atoms with Crippen LogP contribution in [0.15, 0.2) is 72.8 Å². The third kappa shape index (κ3) is 3.21. The number of rotatable bonds is 3. The molecule has 0 N–H and O–H groups in total. The smallest absolute Gasteiger partial charge is 0.164 e. The molecule has 1 aliphatic carbocycles. The van der Waals surface area contributed by atoms with Gasteiger partial charge in [-0.2, -0.15) is 0 Å². The molecule has 0 unspecified atom stereocenters. The zero-order valence-electron chi connectivity index (χ0n) is 19.7. The summed E-state index contributed by atoms with van der Waals surface area (Å²) in [6.07, 6.45) is 1.42. The first-order chi connectivity index (χ1) is 15.2. The summed E-state index contributed by atoms with van der Waals surface area (Å²) in [5, 5.41) is 1.29. The van der Waals surface area contributed by atoms with Crippen molar-refractivity contribution in [2.24, 2.45) is 0 Å². The molecule has 0 amide bonds. The van der Waals surface area contributed by atoms with Crippen LogP contribution >= 0.6 is 0 Å². The largest absolute Gasteiger partial charge is 0.313 e. The van der Waals surface area contributed by atoms with Gasteiger partial charge in [-0.05, 0) is 42.7 Å². The maximum atomic E-state index is 12.9. The molecule has 0 radical (unpaired) electrons. The van der Waals surface area contributed by atoms with Crippen molar-refractivity contribution in [3.8, 4) is 5.69 Å². The molecular formula is C30H31NO. The van der Waals surface area contributed by atoms with E-state index in [0.717, 1.165) is 12.0 Å². The van der Waals surface area contributed by atoms with Gasteiger partial charge in [-0.1, -0.05) is 87.9 Å². The van der Waals surface area contributed by atoms with Gasteiger partial charge < -0.3 is 4.57 Å². The van der Waals surface area contributed by atoms with Crippen LogP contribution in [0.1, 0.15) is 66.9 Å². The number of hydrogen-bond acceptors (Lipinski definition) is 1. The first-order valence-corrected chi connectivity index (χ1v) is 11.5. The minimum atomic E-state index is -0.199. The molecule has 0 bridgehead atoms. The molecule has 2 nitrogen and oxygen atoms in total. The number of ketones is 1. The van der Waals surface area contributed by atoms with E-state index < -0.39 is 0 Å². The minimum absolute atomic E-state index is 0.0578. The molecule has 3 aromatic carbocycles. The molecule has 2 heteroatoms. The van der Waals surface area contributed by atoms with E-state index in [-0.39, 0.29) is 16.6 Å². The second kappa shape index (κ2) is 7.20. The number of carbonyl (C=O) groups is 1. The molecule has 1 atom stereocenters. The summed E-state index contributed by atoms with van der Waals surface area (Å²) in [5.41, 5.74) is 8.21. The van der Waals surface area contributed by atoms with Crippen molar-refractivity contribution in [3.63, 3.8) is 0 Å². The Bertz CT molecular complexity index is 1330. The fourth-order valence-corrected chi connectivity index (χ4v) is 5.58. The van der Waals surface area contributed by atoms with Gasteiger partial charge in [-0.15, -0.1) is 0 Å². The number of aryl methyl sites for hydroxylation is 1. The SMILES string of the molecule is Cc1ccc(-n2c(C(C)(C)C)c(C[C@@]3(C)CC(=O)c4ccccc43)c3ccccc32)cc1. The van der Waals surface area contributed by atoms with Crippen molar-refractivity contribution in [2.75, 3.05) is 0 Å². The van der Waals surface area contributed by atoms with Crippen LogP contribution < -0.4 is 0 Å². The molecule has 162 valence electrons. The Morgan fingerprint density at radius 2 is 1.56 bits per heavy atom. The fraction of sp³-hybridized carbons (Fsp3) is 0.300. The highest BCUT2D eigenvalue weighted by atomic mass is 16.1. The van der Waals surface area contributed by atoms with Crippen molar-refractivity contribution in [1.29, 1.82) is 0 Å². The van der Waals surface area contributed by atoms with Crippen LogP contribution in [0.4, 0.5) is 0 Å². The van der Waals surface area contributed by atoms with Gasteiger partial charge in [0.2, 0.25) is 0 Å². The van der Waals surface area contributed by atoms with Gasteiger partial charge in [0.1, 0.15) is 0 Å². The van der Waals surface area contributed by atoms with E-state index in [1.54, 1.807) is 0 Å². The van der Waals surface area contributed by atoms with Crippen LogP contribution in [0, 0.1) is 6.92 Å². The normalized spacial score (nSPS) is 18.3. The highest BCUT2D eigenvalue weighted by Gasteiger charge is 2.41. The maximum absolute atomic E-state index is 12.9. The summed E-state index contributed by atoms with van der Waals surface area (Å²) in [6.45, 7) is 11.3. The minimum Gasteiger partial charge on any atom is -0.313 e. The molecule has 1 aliphatic rings. The van der Waals surface area contributed by atoms with E-state index in [4.69, 9.17) is 0 Å². The van der Waals surface area contributed by atoms with Gasteiger partial charge in [0.15, 0.2) is 5.78 Å². The molecule has 0 spiro atoms. The van der Waals surface area contributed by atoms with E-state index in [1.807, 2.05) is 12.1 Å². The number of fused-ring (bicyclic) bond motifs is 2. The van der Waals surface area contributed by atoms with E-state index in [9.17, 15) is 4.79 Å². The average molecular weight is 422 g/mol. The highest BCUT2D eigenvalue weighted by molar-refractivity contribution is 6.02. The monoisotopic (exact) mass is 421 g/mol. The zero-order chi connectivity index (χ0) is 22.7. The second-order valence-corrected chi connectivity index (χ2v) is 10.6. The fourth-order valence-electron chi connectivity index (χ4n) is 5.58. The highest BCUT2D eigenvalue weighted by Crippen LogP contribution is 2.45. The van der Waals surface area contributed by atoms with Gasteiger partial charge >= 0.3 is 0 Å². The van der Waals surface area contributed by atoms with Gasteiger partial charge in [0, 0.05) is 39.6 Å². The molecule has 0 fully saturated rings. The summed E-state index contributed by atoms with van der Waals surface area (Å²) in [7, 11) is 0. The van der Waals surface area contributed by atoms with Crippen LogP contribution in [-0.2, 0) is 17.3 Å². The molecule has 1 heterocycles. The predicted octanol–water partition coefficient (Wildman–Crippen LogP) is 7.32. The molecule has 5 rings (SSSR count). The number of Topliss-reactive ketones (excluding diaryl/α,β-unsaturated/α-hetero) is 1. The van der Waals surface area contributed by atoms with Crippen LogP contribution in [0.3, 0.4) is 0 Å². The van der Waals surface area contributed by atoms with Gasteiger partial charge in [-0.25, -0.2) is 0 Å². The Hall–Kier alpha value is -3.13. The lowest BCUT2D eigenvalue weighted by atomic mass is 9.75. The number of benzene rings is 3.